The van der Waals surface area contributed by atoms with E-state index in [9.17, 15) is 16.8 Å². The lowest BCUT2D eigenvalue weighted by Gasteiger charge is -1.99. The summed E-state index contributed by atoms with van der Waals surface area (Å²) in [4.78, 5) is 4.24. The average molecular weight is 391 g/mol. The van der Waals surface area contributed by atoms with Gasteiger partial charge in [-0.2, -0.15) is 4.37 Å². The monoisotopic (exact) mass is 390 g/mol. The van der Waals surface area contributed by atoms with Gasteiger partial charge < -0.3 is 0 Å². The van der Waals surface area contributed by atoms with Crippen LogP contribution in [0.25, 0.3) is 0 Å². The van der Waals surface area contributed by atoms with Crippen molar-refractivity contribution in [2.45, 2.75) is 23.3 Å². The van der Waals surface area contributed by atoms with Crippen LogP contribution in [0.2, 0.25) is 0 Å². The van der Waals surface area contributed by atoms with Crippen LogP contribution in [0.15, 0.2) is 9.50 Å². The smallest absolute Gasteiger partial charge is 0.201 e. The van der Waals surface area contributed by atoms with Crippen LogP contribution >= 0.6 is 35.1 Å². The number of thioether (sulfide) groups is 2. The van der Waals surface area contributed by atoms with Gasteiger partial charge in [-0.3, -0.25) is 0 Å². The van der Waals surface area contributed by atoms with Crippen LogP contribution in [0, 0.1) is 0 Å². The molecule has 0 aliphatic rings. The number of hydrogen-bond donors (Lipinski definition) is 0. The van der Waals surface area contributed by atoms with Gasteiger partial charge in [0, 0.05) is 23.0 Å². The van der Waals surface area contributed by atoms with Crippen molar-refractivity contribution in [1.29, 1.82) is 0 Å². The topological polar surface area (TPSA) is 94.1 Å². The fourth-order valence-corrected chi connectivity index (χ4v) is 6.39. The zero-order valence-corrected chi connectivity index (χ0v) is 15.9. The minimum Gasteiger partial charge on any atom is -0.229 e. The van der Waals surface area contributed by atoms with E-state index < -0.39 is 19.7 Å². The van der Waals surface area contributed by atoms with Crippen LogP contribution in [0.1, 0.15) is 13.8 Å². The molecule has 0 saturated carbocycles. The van der Waals surface area contributed by atoms with Gasteiger partial charge in [0.25, 0.3) is 0 Å². The largest absolute Gasteiger partial charge is 0.229 e. The van der Waals surface area contributed by atoms with E-state index in [0.717, 1.165) is 0 Å². The molecule has 1 rings (SSSR count). The summed E-state index contributed by atoms with van der Waals surface area (Å²) in [7, 11) is -5.91. The van der Waals surface area contributed by atoms with E-state index in [1.54, 1.807) is 13.8 Å². The molecule has 0 unspecified atom stereocenters. The van der Waals surface area contributed by atoms with E-state index in [1.165, 1.54) is 35.1 Å². The first-order valence-electron chi connectivity index (χ1n) is 6.28. The molecule has 6 nitrogen and oxygen atoms in total. The summed E-state index contributed by atoms with van der Waals surface area (Å²) in [5.74, 6) is 1.43. The Balaban J connectivity index is 2.37. The second-order valence-electron chi connectivity index (χ2n) is 4.01. The SMILES string of the molecule is CCS(=O)(=O)CCSc1nsc(SCCS(=O)(=O)CC)n1. The summed E-state index contributed by atoms with van der Waals surface area (Å²) in [6.45, 7) is 3.25. The van der Waals surface area contributed by atoms with Crippen LogP contribution in [0.3, 0.4) is 0 Å². The molecule has 0 fully saturated rings. The molecule has 1 aromatic rings. The summed E-state index contributed by atoms with van der Waals surface area (Å²) >= 11 is 3.87. The lowest BCUT2D eigenvalue weighted by atomic mass is 10.9. The van der Waals surface area contributed by atoms with Gasteiger partial charge in [0.1, 0.15) is 0 Å². The van der Waals surface area contributed by atoms with Gasteiger partial charge in [0.05, 0.1) is 11.5 Å². The molecule has 0 bridgehead atoms. The number of aromatic nitrogens is 2. The number of rotatable bonds is 10. The highest BCUT2D eigenvalue weighted by Gasteiger charge is 2.11. The first-order chi connectivity index (χ1) is 9.78. The Morgan fingerprint density at radius 1 is 0.952 bits per heavy atom. The number of hydrogen-bond acceptors (Lipinski definition) is 9. The molecule has 1 aromatic heterocycles. The van der Waals surface area contributed by atoms with Gasteiger partial charge in [0.15, 0.2) is 24.0 Å². The van der Waals surface area contributed by atoms with Crippen molar-refractivity contribution >= 4 is 54.7 Å². The summed E-state index contributed by atoms with van der Waals surface area (Å²) in [5, 5.41) is 0.548. The van der Waals surface area contributed by atoms with Crippen molar-refractivity contribution < 1.29 is 16.8 Å². The predicted molar refractivity (Wildman–Crippen MR) is 90.0 cm³/mol. The normalized spacial score (nSPS) is 12.7. The van der Waals surface area contributed by atoms with E-state index in [0.29, 0.717) is 21.0 Å². The molecule has 0 aliphatic carbocycles. The van der Waals surface area contributed by atoms with Crippen LogP contribution in [0.5, 0.6) is 0 Å². The highest BCUT2D eigenvalue weighted by molar-refractivity contribution is 8.02. The highest BCUT2D eigenvalue weighted by atomic mass is 32.2. The van der Waals surface area contributed by atoms with Crippen molar-refractivity contribution in [3.05, 3.63) is 0 Å². The Morgan fingerprint density at radius 3 is 2.00 bits per heavy atom. The van der Waals surface area contributed by atoms with E-state index in [-0.39, 0.29) is 23.0 Å². The molecule has 0 radical (unpaired) electrons. The molecule has 0 spiro atoms. The third-order valence-electron chi connectivity index (χ3n) is 2.51. The van der Waals surface area contributed by atoms with Gasteiger partial charge >= 0.3 is 0 Å². The number of nitrogens with zero attached hydrogens (tertiary/aromatic N) is 2. The zero-order valence-electron chi connectivity index (χ0n) is 11.8. The zero-order chi connectivity index (χ0) is 15.9. The summed E-state index contributed by atoms with van der Waals surface area (Å²) in [6.07, 6.45) is 0. The second kappa shape index (κ2) is 8.70. The Labute approximate surface area is 138 Å². The fourth-order valence-electron chi connectivity index (χ4n) is 1.12. The van der Waals surface area contributed by atoms with Crippen molar-refractivity contribution in [1.82, 2.24) is 9.36 Å². The Morgan fingerprint density at radius 2 is 1.48 bits per heavy atom. The van der Waals surface area contributed by atoms with Crippen molar-refractivity contribution in [2.75, 3.05) is 34.5 Å². The van der Waals surface area contributed by atoms with Gasteiger partial charge in [-0.05, 0) is 11.5 Å². The maximum absolute atomic E-state index is 11.4. The van der Waals surface area contributed by atoms with E-state index in [1.807, 2.05) is 0 Å². The Bertz CT molecular complexity index is 584. The first kappa shape index (κ1) is 19.2. The summed E-state index contributed by atoms with van der Waals surface area (Å²) < 4.78 is 50.2. The molecule has 0 amide bonds. The molecule has 0 N–H and O–H groups in total. The van der Waals surface area contributed by atoms with Crippen molar-refractivity contribution in [3.8, 4) is 0 Å². The highest BCUT2D eigenvalue weighted by Crippen LogP contribution is 2.24. The first-order valence-corrected chi connectivity index (χ1v) is 12.7. The van der Waals surface area contributed by atoms with Crippen molar-refractivity contribution in [2.24, 2.45) is 0 Å². The minimum atomic E-state index is -2.96. The summed E-state index contributed by atoms with van der Waals surface area (Å²) in [6, 6.07) is 0. The van der Waals surface area contributed by atoms with Gasteiger partial charge in [-0.15, -0.1) is 0 Å². The molecule has 0 saturated heterocycles. The molecule has 0 aromatic carbocycles. The average Bonchev–Trinajstić information content (AvgIpc) is 2.86. The fraction of sp³-hybridized carbons (Fsp3) is 0.800. The van der Waals surface area contributed by atoms with Gasteiger partial charge in [-0.1, -0.05) is 37.4 Å². The van der Waals surface area contributed by atoms with Crippen LogP contribution in [-0.2, 0) is 19.7 Å². The van der Waals surface area contributed by atoms with Crippen LogP contribution < -0.4 is 0 Å². The van der Waals surface area contributed by atoms with Crippen molar-refractivity contribution in [3.63, 3.8) is 0 Å². The lowest BCUT2D eigenvalue weighted by Crippen LogP contribution is -2.10. The molecule has 21 heavy (non-hydrogen) atoms. The molecule has 11 heteroatoms. The van der Waals surface area contributed by atoms with Gasteiger partial charge in [-0.25, -0.2) is 21.8 Å². The van der Waals surface area contributed by atoms with E-state index in [2.05, 4.69) is 9.36 Å². The van der Waals surface area contributed by atoms with E-state index in [4.69, 9.17) is 0 Å². The Kier molecular flexibility index (Phi) is 7.96. The maximum atomic E-state index is 11.4. The third-order valence-corrected chi connectivity index (χ3v) is 9.24. The molecule has 0 atom stereocenters. The van der Waals surface area contributed by atoms with Crippen LogP contribution in [0.4, 0.5) is 0 Å². The van der Waals surface area contributed by atoms with E-state index >= 15 is 0 Å². The quantitative estimate of drug-likeness (QED) is 0.556. The van der Waals surface area contributed by atoms with Crippen LogP contribution in [-0.4, -0.2) is 60.7 Å². The molecule has 0 aliphatic heterocycles. The standard InChI is InChI=1S/C10H18N2O4S5/c1-3-20(13,14)7-5-17-9-11-10(19-12-9)18-6-8-21(15,16)4-2/h3-8H2,1-2H3. The predicted octanol–water partition coefficient (Wildman–Crippen LogP) is 1.59. The molecule has 1 heterocycles. The third kappa shape index (κ3) is 7.82. The molecular formula is C10H18N2O4S5. The number of sulfone groups is 2. The Hall–Kier alpha value is 0.160. The molecular weight excluding hydrogens is 372 g/mol. The molecule has 122 valence electrons. The van der Waals surface area contributed by atoms with Gasteiger partial charge in [0.2, 0.25) is 5.16 Å². The second-order valence-corrected chi connectivity index (χ2v) is 12.1. The summed E-state index contributed by atoms with van der Waals surface area (Å²) in [5.41, 5.74) is 0. The lowest BCUT2D eigenvalue weighted by molar-refractivity contribution is 0.597. The maximum Gasteiger partial charge on any atom is 0.201 e. The minimum absolute atomic E-state index is 0.116.